The summed E-state index contributed by atoms with van der Waals surface area (Å²) < 4.78 is 19.6. The first-order valence-corrected chi connectivity index (χ1v) is 6.97. The van der Waals surface area contributed by atoms with E-state index in [1.165, 1.54) is 0 Å². The van der Waals surface area contributed by atoms with E-state index in [0.717, 1.165) is 39.8 Å². The van der Waals surface area contributed by atoms with E-state index in [-0.39, 0.29) is 18.3 Å². The molecule has 0 saturated carbocycles. The van der Waals surface area contributed by atoms with Gasteiger partial charge in [-0.1, -0.05) is 0 Å². The van der Waals surface area contributed by atoms with Crippen molar-refractivity contribution in [2.45, 2.75) is 19.3 Å². The summed E-state index contributed by atoms with van der Waals surface area (Å²) in [4.78, 5) is 11.8. The summed E-state index contributed by atoms with van der Waals surface area (Å²) in [5.74, 6) is 1.73. The number of esters is 1. The summed E-state index contributed by atoms with van der Waals surface area (Å²) in [5, 5.41) is 0. The van der Waals surface area contributed by atoms with Crippen molar-refractivity contribution in [2.24, 2.45) is 0 Å². The average Bonchev–Trinajstić information content (AvgIpc) is 3.05. The van der Waals surface area contributed by atoms with Crippen LogP contribution in [0, 0.1) is 6.92 Å². The molecule has 0 saturated heterocycles. The minimum absolute atomic E-state index is 0.160. The van der Waals surface area contributed by atoms with Crippen molar-refractivity contribution in [3.8, 4) is 5.75 Å². The number of benzene rings is 1. The van der Waals surface area contributed by atoms with Gasteiger partial charge in [0, 0.05) is 5.56 Å². The van der Waals surface area contributed by atoms with Crippen LogP contribution in [0.4, 0.5) is 0 Å². The van der Waals surface area contributed by atoms with Crippen molar-refractivity contribution in [1.29, 1.82) is 0 Å². The predicted octanol–water partition coefficient (Wildman–Crippen LogP) is 3.03. The molecule has 0 bridgehead atoms. The van der Waals surface area contributed by atoms with Gasteiger partial charge in [-0.15, -0.1) is 0 Å². The van der Waals surface area contributed by atoms with Crippen LogP contribution in [0.2, 0.25) is 0 Å². The highest BCUT2D eigenvalue weighted by Gasteiger charge is 2.33. The molecule has 3 aromatic rings. The number of fused-ring (bicyclic) bond motifs is 3. The lowest BCUT2D eigenvalue weighted by Gasteiger charge is -2.23. The number of carbonyl (C=O) groups excluding carboxylic acids is 1. The maximum absolute atomic E-state index is 11.8. The molecule has 0 unspecified atom stereocenters. The third kappa shape index (κ3) is 1.65. The van der Waals surface area contributed by atoms with Gasteiger partial charge < -0.3 is 9.15 Å². The minimum Gasteiger partial charge on any atom is -0.466 e. The standard InChI is InChI=1S/C14H10N2O3S/c1-7-2-4-10(18-7)8-6-12(17)19-11-5-3-9-14(13(8)11)16-20-15-9/h2-5,8H,6H2,1H3/t8-/m0/s1. The molecular weight excluding hydrogens is 276 g/mol. The van der Waals surface area contributed by atoms with Crippen molar-refractivity contribution < 1.29 is 13.9 Å². The molecule has 0 spiro atoms. The highest BCUT2D eigenvalue weighted by atomic mass is 32.1. The molecule has 0 N–H and O–H groups in total. The topological polar surface area (TPSA) is 65.2 Å². The van der Waals surface area contributed by atoms with Crippen molar-refractivity contribution >= 4 is 28.7 Å². The van der Waals surface area contributed by atoms with E-state index >= 15 is 0 Å². The average molecular weight is 286 g/mol. The number of aryl methyl sites for hydroxylation is 1. The van der Waals surface area contributed by atoms with Crippen LogP contribution in [0.15, 0.2) is 28.7 Å². The van der Waals surface area contributed by atoms with Crippen LogP contribution in [-0.4, -0.2) is 14.7 Å². The zero-order chi connectivity index (χ0) is 13.7. The lowest BCUT2D eigenvalue weighted by molar-refractivity contribution is -0.135. The van der Waals surface area contributed by atoms with Gasteiger partial charge in [0.05, 0.1) is 24.1 Å². The van der Waals surface area contributed by atoms with E-state index in [9.17, 15) is 4.79 Å². The first-order valence-electron chi connectivity index (χ1n) is 6.24. The van der Waals surface area contributed by atoms with Crippen molar-refractivity contribution in [1.82, 2.24) is 8.75 Å². The lowest BCUT2D eigenvalue weighted by atomic mass is 9.89. The van der Waals surface area contributed by atoms with Gasteiger partial charge in [-0.2, -0.15) is 8.75 Å². The normalized spacial score (nSPS) is 18.1. The molecule has 1 atom stereocenters. The molecule has 2 aromatic heterocycles. The Kier molecular flexibility index (Phi) is 2.40. The van der Waals surface area contributed by atoms with E-state index in [0.29, 0.717) is 5.75 Å². The van der Waals surface area contributed by atoms with Gasteiger partial charge in [0.2, 0.25) is 0 Å². The van der Waals surface area contributed by atoms with Gasteiger partial charge in [0.25, 0.3) is 0 Å². The summed E-state index contributed by atoms with van der Waals surface area (Å²) in [7, 11) is 0. The van der Waals surface area contributed by atoms with Crippen LogP contribution in [-0.2, 0) is 4.79 Å². The first-order chi connectivity index (χ1) is 9.72. The molecule has 1 aromatic carbocycles. The zero-order valence-electron chi connectivity index (χ0n) is 10.6. The second kappa shape index (κ2) is 4.14. The van der Waals surface area contributed by atoms with Crippen molar-refractivity contribution in [2.75, 3.05) is 0 Å². The van der Waals surface area contributed by atoms with Gasteiger partial charge >= 0.3 is 5.97 Å². The molecule has 0 aliphatic carbocycles. The Morgan fingerprint density at radius 1 is 1.25 bits per heavy atom. The molecule has 0 amide bonds. The van der Waals surface area contributed by atoms with Crippen LogP contribution in [0.5, 0.6) is 5.75 Å². The first kappa shape index (κ1) is 11.6. The van der Waals surface area contributed by atoms with Gasteiger partial charge in [-0.3, -0.25) is 4.79 Å². The number of rotatable bonds is 1. The second-order valence-electron chi connectivity index (χ2n) is 4.79. The number of hydrogen-bond acceptors (Lipinski definition) is 6. The van der Waals surface area contributed by atoms with E-state index in [2.05, 4.69) is 8.75 Å². The van der Waals surface area contributed by atoms with Crippen LogP contribution >= 0.6 is 11.7 Å². The molecule has 6 heteroatoms. The minimum atomic E-state index is -0.251. The molecule has 0 fully saturated rings. The SMILES string of the molecule is Cc1ccc([C@@H]2CC(=O)Oc3ccc4nsnc4c32)o1. The molecule has 20 heavy (non-hydrogen) atoms. The Balaban J connectivity index is 1.98. The quantitative estimate of drug-likeness (QED) is 0.508. The summed E-state index contributed by atoms with van der Waals surface area (Å²) in [6.45, 7) is 1.89. The molecule has 3 heterocycles. The van der Waals surface area contributed by atoms with Gasteiger partial charge in [-0.05, 0) is 31.2 Å². The van der Waals surface area contributed by atoms with Crippen LogP contribution in [0.1, 0.15) is 29.4 Å². The summed E-state index contributed by atoms with van der Waals surface area (Å²) in [6.07, 6.45) is 0.261. The largest absolute Gasteiger partial charge is 0.466 e. The van der Waals surface area contributed by atoms with Gasteiger partial charge in [0.15, 0.2) is 0 Å². The number of hydrogen-bond donors (Lipinski definition) is 0. The highest BCUT2D eigenvalue weighted by Crippen LogP contribution is 2.42. The number of nitrogens with zero attached hydrogens (tertiary/aromatic N) is 2. The third-order valence-corrected chi connectivity index (χ3v) is 4.02. The number of aromatic nitrogens is 2. The second-order valence-corrected chi connectivity index (χ2v) is 5.32. The molecule has 4 rings (SSSR count). The van der Waals surface area contributed by atoms with Crippen molar-refractivity contribution in [3.05, 3.63) is 41.3 Å². The van der Waals surface area contributed by atoms with Crippen LogP contribution < -0.4 is 4.74 Å². The maximum atomic E-state index is 11.8. The monoisotopic (exact) mass is 286 g/mol. The lowest BCUT2D eigenvalue weighted by Crippen LogP contribution is -2.21. The Morgan fingerprint density at radius 2 is 2.15 bits per heavy atom. The summed E-state index contributed by atoms with van der Waals surface area (Å²) in [5.41, 5.74) is 2.50. The Labute approximate surface area is 118 Å². The molecule has 0 radical (unpaired) electrons. The Bertz CT molecular complexity index is 821. The number of carbonyl (C=O) groups is 1. The fourth-order valence-electron chi connectivity index (χ4n) is 2.60. The molecule has 1 aliphatic rings. The predicted molar refractivity (Wildman–Crippen MR) is 73.0 cm³/mol. The fraction of sp³-hybridized carbons (Fsp3) is 0.214. The summed E-state index contributed by atoms with van der Waals surface area (Å²) >= 11 is 1.16. The van der Waals surface area contributed by atoms with Gasteiger partial charge in [-0.25, -0.2) is 0 Å². The zero-order valence-corrected chi connectivity index (χ0v) is 11.4. The molecule has 1 aliphatic heterocycles. The number of ether oxygens (including phenoxy) is 1. The smallest absolute Gasteiger partial charge is 0.312 e. The van der Waals surface area contributed by atoms with Crippen LogP contribution in [0.25, 0.3) is 11.0 Å². The van der Waals surface area contributed by atoms with Crippen molar-refractivity contribution in [3.63, 3.8) is 0 Å². The van der Waals surface area contributed by atoms with E-state index in [4.69, 9.17) is 9.15 Å². The summed E-state index contributed by atoms with van der Waals surface area (Å²) in [6, 6.07) is 7.40. The molecule has 5 nitrogen and oxygen atoms in total. The third-order valence-electron chi connectivity index (χ3n) is 3.47. The van der Waals surface area contributed by atoms with E-state index in [1.54, 1.807) is 6.07 Å². The molecular formula is C14H10N2O3S. The van der Waals surface area contributed by atoms with Crippen LogP contribution in [0.3, 0.4) is 0 Å². The fourth-order valence-corrected chi connectivity index (χ4v) is 3.14. The van der Waals surface area contributed by atoms with E-state index in [1.807, 2.05) is 25.1 Å². The highest BCUT2D eigenvalue weighted by molar-refractivity contribution is 7.00. The Morgan fingerprint density at radius 3 is 2.95 bits per heavy atom. The Hall–Kier alpha value is -2.21. The van der Waals surface area contributed by atoms with Gasteiger partial charge in [0.1, 0.15) is 28.3 Å². The molecule has 100 valence electrons. The maximum Gasteiger partial charge on any atom is 0.312 e. The number of furan rings is 1. The van der Waals surface area contributed by atoms with E-state index < -0.39 is 0 Å².